The molecule has 3 nitrogen and oxygen atoms in total. The topological polar surface area (TPSA) is 33.2 Å². The number of benzene rings is 1. The lowest BCUT2D eigenvalue weighted by Crippen LogP contribution is -2.39. The molecule has 1 saturated heterocycles. The molecule has 0 aliphatic carbocycles. The lowest BCUT2D eigenvalue weighted by atomic mass is 9.94. The van der Waals surface area contributed by atoms with Crippen LogP contribution in [0.2, 0.25) is 0 Å². The van der Waals surface area contributed by atoms with E-state index in [2.05, 4.69) is 17.1 Å². The highest BCUT2D eigenvalue weighted by molar-refractivity contribution is 7.20. The van der Waals surface area contributed by atoms with Gasteiger partial charge in [0.2, 0.25) is 0 Å². The van der Waals surface area contributed by atoms with Crippen molar-refractivity contribution < 1.29 is 4.79 Å². The lowest BCUT2D eigenvalue weighted by Gasteiger charge is -2.31. The summed E-state index contributed by atoms with van der Waals surface area (Å²) in [5, 5.41) is 0.628. The van der Waals surface area contributed by atoms with E-state index in [-0.39, 0.29) is 5.91 Å². The molecule has 0 unspecified atom stereocenters. The Morgan fingerprint density at radius 1 is 1.48 bits per heavy atom. The summed E-state index contributed by atoms with van der Waals surface area (Å²) < 4.78 is 1.09. The molecule has 0 spiro atoms. The number of carbonyl (C=O) groups is 1. The molecular weight excluding hydrogens is 280 g/mol. The van der Waals surface area contributed by atoms with Gasteiger partial charge in [-0.15, -0.1) is 11.3 Å². The van der Waals surface area contributed by atoms with Crippen LogP contribution in [0.25, 0.3) is 10.2 Å². The number of piperidine rings is 1. The molecule has 0 saturated carbocycles. The Morgan fingerprint density at radius 2 is 2.33 bits per heavy atom. The van der Waals surface area contributed by atoms with E-state index in [1.807, 2.05) is 36.1 Å². The van der Waals surface area contributed by atoms with Gasteiger partial charge in [0, 0.05) is 13.1 Å². The average molecular weight is 300 g/mol. The minimum atomic E-state index is 0.0985. The van der Waals surface area contributed by atoms with Crippen molar-refractivity contribution in [1.29, 1.82) is 0 Å². The van der Waals surface area contributed by atoms with Crippen molar-refractivity contribution in [3.8, 4) is 0 Å². The van der Waals surface area contributed by atoms with E-state index in [0.29, 0.717) is 10.9 Å². The molecule has 2 aromatic rings. The summed E-state index contributed by atoms with van der Waals surface area (Å²) in [6.45, 7) is 3.77. The van der Waals surface area contributed by atoms with Gasteiger partial charge in [-0.05, 0) is 44.2 Å². The molecule has 1 atom stereocenters. The molecule has 1 aromatic heterocycles. The van der Waals surface area contributed by atoms with E-state index < -0.39 is 0 Å². The van der Waals surface area contributed by atoms with Crippen molar-refractivity contribution in [1.82, 2.24) is 9.88 Å². The smallest absolute Gasteiger partial charge is 0.282 e. The second kappa shape index (κ2) is 6.39. The van der Waals surface area contributed by atoms with Gasteiger partial charge in [0.1, 0.15) is 0 Å². The third kappa shape index (κ3) is 3.16. The standard InChI is InChI=1S/C17H20N2OS/c1-2-3-7-13-8-6-11-19(12-13)17(20)16-18-14-9-4-5-10-15(14)21-16/h2-5,9-10,13H,6-8,11-12H2,1H3/b3-2+/t13-/m1/s1. The zero-order valence-electron chi connectivity index (χ0n) is 12.3. The number of hydrogen-bond donors (Lipinski definition) is 0. The molecule has 110 valence electrons. The number of thiazole rings is 1. The minimum absolute atomic E-state index is 0.0985. The summed E-state index contributed by atoms with van der Waals surface area (Å²) >= 11 is 1.50. The maximum Gasteiger partial charge on any atom is 0.282 e. The average Bonchev–Trinajstić information content (AvgIpc) is 2.96. The van der Waals surface area contributed by atoms with Gasteiger partial charge >= 0.3 is 0 Å². The van der Waals surface area contributed by atoms with Crippen LogP contribution in [0.5, 0.6) is 0 Å². The molecule has 1 fully saturated rings. The number of allylic oxidation sites excluding steroid dienone is 2. The quantitative estimate of drug-likeness (QED) is 0.799. The minimum Gasteiger partial charge on any atom is -0.336 e. The second-order valence-corrected chi connectivity index (χ2v) is 6.58. The molecular formula is C17H20N2OS. The highest BCUT2D eigenvalue weighted by atomic mass is 32.1. The molecule has 1 aliphatic rings. The van der Waals surface area contributed by atoms with Crippen molar-refractivity contribution in [2.45, 2.75) is 26.2 Å². The first kappa shape index (κ1) is 14.3. The molecule has 21 heavy (non-hydrogen) atoms. The molecule has 1 aromatic carbocycles. The van der Waals surface area contributed by atoms with Gasteiger partial charge in [0.05, 0.1) is 10.2 Å². The van der Waals surface area contributed by atoms with E-state index in [1.54, 1.807) is 0 Å². The summed E-state index contributed by atoms with van der Waals surface area (Å²) in [7, 11) is 0. The number of amides is 1. The van der Waals surface area contributed by atoms with Crippen LogP contribution >= 0.6 is 11.3 Å². The van der Waals surface area contributed by atoms with Crippen LogP contribution in [0.15, 0.2) is 36.4 Å². The van der Waals surface area contributed by atoms with Crippen LogP contribution < -0.4 is 0 Å². The number of aromatic nitrogens is 1. The normalized spacial score (nSPS) is 19.5. The number of para-hydroxylation sites is 1. The van der Waals surface area contributed by atoms with Crippen molar-refractivity contribution in [2.75, 3.05) is 13.1 Å². The van der Waals surface area contributed by atoms with Crippen LogP contribution in [0, 0.1) is 5.92 Å². The van der Waals surface area contributed by atoms with E-state index >= 15 is 0 Å². The number of rotatable bonds is 3. The first-order valence-electron chi connectivity index (χ1n) is 7.54. The Balaban J connectivity index is 1.74. The molecule has 1 aliphatic heterocycles. The van der Waals surface area contributed by atoms with Crippen LogP contribution in [0.4, 0.5) is 0 Å². The monoisotopic (exact) mass is 300 g/mol. The summed E-state index contributed by atoms with van der Waals surface area (Å²) in [5.41, 5.74) is 0.924. The fourth-order valence-corrected chi connectivity index (χ4v) is 3.80. The van der Waals surface area contributed by atoms with Crippen molar-refractivity contribution in [2.24, 2.45) is 5.92 Å². The Morgan fingerprint density at radius 3 is 3.14 bits per heavy atom. The van der Waals surface area contributed by atoms with E-state index in [1.165, 1.54) is 17.8 Å². The highest BCUT2D eigenvalue weighted by Crippen LogP contribution is 2.26. The fraction of sp³-hybridized carbons (Fsp3) is 0.412. The van der Waals surface area contributed by atoms with Crippen molar-refractivity contribution >= 4 is 27.5 Å². The zero-order chi connectivity index (χ0) is 14.7. The van der Waals surface area contributed by atoms with Gasteiger partial charge in [-0.1, -0.05) is 24.3 Å². The van der Waals surface area contributed by atoms with Crippen LogP contribution in [0.1, 0.15) is 36.0 Å². The molecule has 2 heterocycles. The Kier molecular flexibility index (Phi) is 4.34. The number of likely N-dealkylation sites (tertiary alicyclic amines) is 1. The largest absolute Gasteiger partial charge is 0.336 e. The second-order valence-electron chi connectivity index (χ2n) is 5.55. The summed E-state index contributed by atoms with van der Waals surface area (Å²) in [5.74, 6) is 0.689. The van der Waals surface area contributed by atoms with Gasteiger partial charge in [-0.2, -0.15) is 0 Å². The molecule has 1 amide bonds. The van der Waals surface area contributed by atoms with Crippen LogP contribution in [-0.2, 0) is 0 Å². The predicted octanol–water partition coefficient (Wildman–Crippen LogP) is 4.11. The van der Waals surface area contributed by atoms with Gasteiger partial charge in [0.25, 0.3) is 5.91 Å². The Hall–Kier alpha value is -1.68. The first-order valence-corrected chi connectivity index (χ1v) is 8.35. The molecule has 0 N–H and O–H groups in total. The summed E-state index contributed by atoms with van der Waals surface area (Å²) in [6.07, 6.45) is 7.68. The number of fused-ring (bicyclic) bond motifs is 1. The SMILES string of the molecule is C/C=C/C[C@@H]1CCCN(C(=O)c2nc3ccccc3s2)C1. The lowest BCUT2D eigenvalue weighted by molar-refractivity contribution is 0.0675. The third-order valence-electron chi connectivity index (χ3n) is 3.99. The Bertz CT molecular complexity index is 629. The van der Waals surface area contributed by atoms with E-state index in [4.69, 9.17) is 0 Å². The maximum absolute atomic E-state index is 12.6. The predicted molar refractivity (Wildman–Crippen MR) is 87.7 cm³/mol. The number of nitrogens with zero attached hydrogens (tertiary/aromatic N) is 2. The number of carbonyl (C=O) groups excluding carboxylic acids is 1. The molecule has 3 rings (SSSR count). The fourth-order valence-electron chi connectivity index (χ4n) is 2.87. The molecule has 0 radical (unpaired) electrons. The third-order valence-corrected chi connectivity index (χ3v) is 5.01. The van der Waals surface area contributed by atoms with Crippen LogP contribution in [0.3, 0.4) is 0 Å². The first-order chi connectivity index (χ1) is 10.3. The van der Waals surface area contributed by atoms with Gasteiger partial charge in [-0.3, -0.25) is 4.79 Å². The molecule has 0 bridgehead atoms. The summed E-state index contributed by atoms with van der Waals surface area (Å²) in [6, 6.07) is 7.94. The van der Waals surface area contributed by atoms with E-state index in [9.17, 15) is 4.79 Å². The maximum atomic E-state index is 12.6. The van der Waals surface area contributed by atoms with Gasteiger partial charge in [0.15, 0.2) is 5.01 Å². The highest BCUT2D eigenvalue weighted by Gasteiger charge is 2.25. The van der Waals surface area contributed by atoms with Crippen LogP contribution in [-0.4, -0.2) is 28.9 Å². The zero-order valence-corrected chi connectivity index (χ0v) is 13.1. The summed E-state index contributed by atoms with van der Waals surface area (Å²) in [4.78, 5) is 19.1. The molecule has 4 heteroatoms. The van der Waals surface area contributed by atoms with Gasteiger partial charge < -0.3 is 4.90 Å². The Labute approximate surface area is 129 Å². The number of hydrogen-bond acceptors (Lipinski definition) is 3. The van der Waals surface area contributed by atoms with Crippen molar-refractivity contribution in [3.05, 3.63) is 41.4 Å². The van der Waals surface area contributed by atoms with Crippen molar-refractivity contribution in [3.63, 3.8) is 0 Å². The van der Waals surface area contributed by atoms with Gasteiger partial charge in [-0.25, -0.2) is 4.98 Å². The van der Waals surface area contributed by atoms with E-state index in [0.717, 1.165) is 36.1 Å².